The Morgan fingerprint density at radius 1 is 1.27 bits per heavy atom. The fourth-order valence-corrected chi connectivity index (χ4v) is 5.23. The molecule has 26 heavy (non-hydrogen) atoms. The van der Waals surface area contributed by atoms with Crippen LogP contribution in [0.3, 0.4) is 0 Å². The van der Waals surface area contributed by atoms with E-state index in [1.165, 1.54) is 19.4 Å². The number of carbonyl (C=O) groups excluding carboxylic acids is 1. The van der Waals surface area contributed by atoms with Gasteiger partial charge in [-0.25, -0.2) is 0 Å². The minimum Gasteiger partial charge on any atom is -0.461 e. The summed E-state index contributed by atoms with van der Waals surface area (Å²) in [5, 5.41) is 9.70. The minimum atomic E-state index is -0.595. The van der Waals surface area contributed by atoms with Gasteiger partial charge in [0.2, 0.25) is 0 Å². The number of nitrogens with zero attached hydrogens (tertiary/aromatic N) is 1. The molecular formula is C21H30NO4+. The highest BCUT2D eigenvalue weighted by molar-refractivity contribution is 5.78. The maximum Gasteiger partial charge on any atom is 0.316 e. The molecule has 0 radical (unpaired) electrons. The standard InChI is InChI=1S/C21H30NO4/c1-3-4-10-22(2)17-11-15(12-18(22)20-19(17)26-20)25-21(24)16(13-23)14-8-6-5-7-9-14/h5-9,15-20,23H,3-4,10-13H2,1-2H3/q+1/t15-,16?,17+,18?,19-,20?,22-/m1/s1. The van der Waals surface area contributed by atoms with Crippen LogP contribution in [0, 0.1) is 0 Å². The highest BCUT2D eigenvalue weighted by atomic mass is 16.6. The van der Waals surface area contributed by atoms with Gasteiger partial charge in [0.1, 0.15) is 36.3 Å². The van der Waals surface area contributed by atoms with Crippen molar-refractivity contribution in [2.75, 3.05) is 20.2 Å². The van der Waals surface area contributed by atoms with Crippen molar-refractivity contribution in [1.29, 1.82) is 0 Å². The van der Waals surface area contributed by atoms with E-state index >= 15 is 0 Å². The third-order valence-electron chi connectivity index (χ3n) is 6.79. The number of likely N-dealkylation sites (N-methyl/N-ethyl adjacent to an activating group) is 1. The van der Waals surface area contributed by atoms with Crippen LogP contribution in [0.5, 0.6) is 0 Å². The quantitative estimate of drug-likeness (QED) is 0.460. The number of morpholine rings is 1. The second kappa shape index (κ2) is 6.95. The first-order valence-corrected chi connectivity index (χ1v) is 9.95. The Morgan fingerprint density at radius 2 is 1.92 bits per heavy atom. The molecule has 3 aliphatic rings. The van der Waals surface area contributed by atoms with E-state index in [0.717, 1.165) is 22.9 Å². The Hall–Kier alpha value is -1.43. The number of quaternary nitrogens is 1. The molecule has 3 fully saturated rings. The van der Waals surface area contributed by atoms with Gasteiger partial charge in [-0.2, -0.15) is 0 Å². The van der Waals surface area contributed by atoms with Crippen molar-refractivity contribution in [2.45, 2.75) is 68.9 Å². The zero-order valence-corrected chi connectivity index (χ0v) is 15.7. The van der Waals surface area contributed by atoms with E-state index in [2.05, 4.69) is 14.0 Å². The van der Waals surface area contributed by atoms with Crippen LogP contribution in [0.15, 0.2) is 30.3 Å². The van der Waals surface area contributed by atoms with Gasteiger partial charge in [0.05, 0.1) is 20.2 Å². The van der Waals surface area contributed by atoms with Gasteiger partial charge in [-0.1, -0.05) is 43.7 Å². The molecule has 1 N–H and O–H groups in total. The van der Waals surface area contributed by atoms with Crippen LogP contribution in [-0.4, -0.2) is 66.2 Å². The number of epoxide rings is 1. The van der Waals surface area contributed by atoms with Crippen molar-refractivity contribution >= 4 is 5.97 Å². The molecule has 1 aromatic carbocycles. The van der Waals surface area contributed by atoms with Gasteiger partial charge in [0, 0.05) is 12.8 Å². The lowest BCUT2D eigenvalue weighted by atomic mass is 9.94. The summed E-state index contributed by atoms with van der Waals surface area (Å²) in [6.07, 6.45) is 4.83. The van der Waals surface area contributed by atoms with E-state index in [9.17, 15) is 9.90 Å². The Bertz CT molecular complexity index is 631. The molecule has 3 heterocycles. The molecule has 0 aliphatic carbocycles. The average Bonchev–Trinajstić information content (AvgIpc) is 3.40. The van der Waals surface area contributed by atoms with Gasteiger partial charge >= 0.3 is 5.97 Å². The smallest absolute Gasteiger partial charge is 0.316 e. The SMILES string of the molecule is CCCC[N@@+]1(C)C2C[C@H](OC(=O)C(CO)c3ccccc3)C[C@H]1[C@H]1OC21. The summed E-state index contributed by atoms with van der Waals surface area (Å²) >= 11 is 0. The van der Waals surface area contributed by atoms with Crippen LogP contribution in [-0.2, 0) is 14.3 Å². The van der Waals surface area contributed by atoms with Crippen molar-refractivity contribution in [2.24, 2.45) is 0 Å². The summed E-state index contributed by atoms with van der Waals surface area (Å²) in [4.78, 5) is 12.7. The number of fused-ring (bicyclic) bond motifs is 5. The maximum atomic E-state index is 12.7. The molecule has 4 rings (SSSR count). The molecular weight excluding hydrogens is 330 g/mol. The monoisotopic (exact) mass is 360 g/mol. The summed E-state index contributed by atoms with van der Waals surface area (Å²) in [7, 11) is 2.36. The first-order chi connectivity index (χ1) is 12.6. The largest absolute Gasteiger partial charge is 0.461 e. The van der Waals surface area contributed by atoms with Gasteiger partial charge in [-0.3, -0.25) is 4.79 Å². The molecule has 3 aliphatic heterocycles. The number of esters is 1. The van der Waals surface area contributed by atoms with Crippen molar-refractivity contribution < 1.29 is 23.9 Å². The molecule has 3 saturated heterocycles. The molecule has 2 bridgehead atoms. The summed E-state index contributed by atoms with van der Waals surface area (Å²) in [5.74, 6) is -0.898. The molecule has 0 spiro atoms. The van der Waals surface area contributed by atoms with Crippen LogP contribution in [0.4, 0.5) is 0 Å². The zero-order valence-electron chi connectivity index (χ0n) is 15.7. The van der Waals surface area contributed by atoms with Crippen molar-refractivity contribution in [3.63, 3.8) is 0 Å². The van der Waals surface area contributed by atoms with Gasteiger partial charge in [-0.05, 0) is 12.0 Å². The fourth-order valence-electron chi connectivity index (χ4n) is 5.23. The van der Waals surface area contributed by atoms with Crippen molar-refractivity contribution in [3.05, 3.63) is 35.9 Å². The first kappa shape index (κ1) is 18.0. The highest BCUT2D eigenvalue weighted by Gasteiger charge is 2.71. The van der Waals surface area contributed by atoms with E-state index in [1.807, 2.05) is 30.3 Å². The van der Waals surface area contributed by atoms with Crippen LogP contribution < -0.4 is 0 Å². The maximum absolute atomic E-state index is 12.7. The Kier molecular flexibility index (Phi) is 4.80. The minimum absolute atomic E-state index is 0.0560. The second-order valence-corrected chi connectivity index (χ2v) is 8.30. The highest BCUT2D eigenvalue weighted by Crippen LogP contribution is 2.52. The molecule has 142 valence electrons. The van der Waals surface area contributed by atoms with E-state index in [-0.39, 0.29) is 18.7 Å². The summed E-state index contributed by atoms with van der Waals surface area (Å²) in [6, 6.07) is 10.3. The fraction of sp³-hybridized carbons (Fsp3) is 0.667. The van der Waals surface area contributed by atoms with Gasteiger partial charge in [0.25, 0.3) is 0 Å². The molecule has 0 aromatic heterocycles. The van der Waals surface area contributed by atoms with Crippen LogP contribution >= 0.6 is 0 Å². The van der Waals surface area contributed by atoms with E-state index < -0.39 is 5.92 Å². The lowest BCUT2D eigenvalue weighted by Crippen LogP contribution is -2.62. The number of benzene rings is 1. The predicted octanol–water partition coefficient (Wildman–Crippen LogP) is 2.23. The van der Waals surface area contributed by atoms with E-state index in [1.54, 1.807) is 0 Å². The van der Waals surface area contributed by atoms with Crippen molar-refractivity contribution in [3.8, 4) is 0 Å². The van der Waals surface area contributed by atoms with Crippen LogP contribution in [0.1, 0.15) is 44.1 Å². The van der Waals surface area contributed by atoms with E-state index in [0.29, 0.717) is 24.3 Å². The van der Waals surface area contributed by atoms with Gasteiger partial charge in [-0.15, -0.1) is 0 Å². The Balaban J connectivity index is 1.42. The zero-order chi connectivity index (χ0) is 18.3. The summed E-state index contributed by atoms with van der Waals surface area (Å²) in [6.45, 7) is 3.20. The number of unbranched alkanes of at least 4 members (excludes halogenated alkanes) is 1. The van der Waals surface area contributed by atoms with Crippen LogP contribution in [0.2, 0.25) is 0 Å². The lowest BCUT2D eigenvalue weighted by Gasteiger charge is -2.48. The van der Waals surface area contributed by atoms with Crippen LogP contribution in [0.25, 0.3) is 0 Å². The number of aliphatic hydroxyl groups excluding tert-OH is 1. The number of ether oxygens (including phenoxy) is 2. The molecule has 0 amide bonds. The topological polar surface area (TPSA) is 59.1 Å². The molecule has 5 heteroatoms. The number of hydrogen-bond donors (Lipinski definition) is 1. The average molecular weight is 360 g/mol. The van der Waals surface area contributed by atoms with Gasteiger partial charge < -0.3 is 19.1 Å². The third-order valence-corrected chi connectivity index (χ3v) is 6.79. The molecule has 1 aromatic rings. The summed E-state index contributed by atoms with van der Waals surface area (Å²) < 4.78 is 12.9. The van der Waals surface area contributed by atoms with Gasteiger partial charge in [0.15, 0.2) is 0 Å². The first-order valence-electron chi connectivity index (χ1n) is 9.95. The molecule has 0 saturated carbocycles. The second-order valence-electron chi connectivity index (χ2n) is 8.30. The summed E-state index contributed by atoms with van der Waals surface area (Å²) in [5.41, 5.74) is 0.813. The number of rotatable bonds is 7. The predicted molar refractivity (Wildman–Crippen MR) is 97.6 cm³/mol. The number of carbonyl (C=O) groups is 1. The lowest BCUT2D eigenvalue weighted by molar-refractivity contribution is -0.956. The number of aliphatic hydroxyl groups is 1. The Labute approximate surface area is 155 Å². The molecule has 5 nitrogen and oxygen atoms in total. The van der Waals surface area contributed by atoms with E-state index in [4.69, 9.17) is 9.47 Å². The molecule has 3 unspecified atom stereocenters. The number of hydrogen-bond acceptors (Lipinski definition) is 4. The molecule has 7 atom stereocenters. The Morgan fingerprint density at radius 3 is 2.50 bits per heavy atom. The van der Waals surface area contributed by atoms with Crippen molar-refractivity contribution in [1.82, 2.24) is 0 Å². The third kappa shape index (κ3) is 2.96. The normalized spacial score (nSPS) is 38.5. The number of piperidine rings is 1.